The first-order valence-corrected chi connectivity index (χ1v) is 14.9. The number of benzene rings is 5. The Labute approximate surface area is 214 Å². The minimum absolute atomic E-state index is 0.0933. The molecule has 5 aromatic rings. The quantitative estimate of drug-likeness (QED) is 0.250. The van der Waals surface area contributed by atoms with E-state index in [1.54, 1.807) is 30.3 Å². The maximum absolute atomic E-state index is 13.4. The van der Waals surface area contributed by atoms with Crippen molar-refractivity contribution in [1.29, 1.82) is 0 Å². The average molecular weight is 532 g/mol. The Hall–Kier alpha value is -4.00. The standard InChI is InChI=1S/C28H22NO6PS/c1-33-19-12-14-20(15-13-19)37(31,32)29-25-17-24-27-21-8-4-3-7-18(21)11-16-26(27)34-36(2,30)35-28(24)23-10-6-5-9-22(23)25/h3-17,29H,1-2H3. The minimum Gasteiger partial charge on any atom is -0.497 e. The lowest BCUT2D eigenvalue weighted by Gasteiger charge is -2.18. The summed E-state index contributed by atoms with van der Waals surface area (Å²) in [5, 5.41) is 3.03. The van der Waals surface area contributed by atoms with Gasteiger partial charge in [0, 0.05) is 21.9 Å². The van der Waals surface area contributed by atoms with E-state index in [9.17, 15) is 13.0 Å². The second kappa shape index (κ2) is 8.54. The van der Waals surface area contributed by atoms with Crippen molar-refractivity contribution in [1.82, 2.24) is 0 Å². The zero-order valence-corrected chi connectivity index (χ0v) is 21.7. The van der Waals surface area contributed by atoms with E-state index in [0.29, 0.717) is 44.8 Å². The van der Waals surface area contributed by atoms with Crippen molar-refractivity contribution in [3.63, 3.8) is 0 Å². The molecule has 0 saturated heterocycles. The highest BCUT2D eigenvalue weighted by molar-refractivity contribution is 7.92. The summed E-state index contributed by atoms with van der Waals surface area (Å²) in [6.45, 7) is 1.43. The molecule has 0 bridgehead atoms. The molecule has 0 aliphatic carbocycles. The summed E-state index contributed by atoms with van der Waals surface area (Å²) in [5.41, 5.74) is 1.63. The molecule has 7 nitrogen and oxygen atoms in total. The highest BCUT2D eigenvalue weighted by atomic mass is 32.2. The van der Waals surface area contributed by atoms with E-state index in [1.807, 2.05) is 48.5 Å². The molecule has 0 radical (unpaired) electrons. The number of rotatable bonds is 4. The lowest BCUT2D eigenvalue weighted by molar-refractivity contribution is 0.400. The van der Waals surface area contributed by atoms with Crippen molar-refractivity contribution < 1.29 is 26.8 Å². The van der Waals surface area contributed by atoms with Crippen LogP contribution in [-0.2, 0) is 14.6 Å². The van der Waals surface area contributed by atoms with Crippen molar-refractivity contribution in [3.05, 3.63) is 91.0 Å². The van der Waals surface area contributed by atoms with Gasteiger partial charge in [-0.3, -0.25) is 4.72 Å². The van der Waals surface area contributed by atoms with Gasteiger partial charge in [0.15, 0.2) is 0 Å². The topological polar surface area (TPSA) is 90.9 Å². The van der Waals surface area contributed by atoms with Crippen LogP contribution in [0.5, 0.6) is 17.2 Å². The largest absolute Gasteiger partial charge is 0.497 e. The fourth-order valence-corrected chi connectivity index (χ4v) is 6.79. The molecule has 0 fully saturated rings. The van der Waals surface area contributed by atoms with Crippen LogP contribution in [0.1, 0.15) is 0 Å². The summed E-state index contributed by atoms with van der Waals surface area (Å²) < 4.78 is 60.0. The number of sulfonamides is 1. The van der Waals surface area contributed by atoms with Crippen LogP contribution < -0.4 is 18.5 Å². The zero-order valence-electron chi connectivity index (χ0n) is 20.0. The van der Waals surface area contributed by atoms with E-state index in [-0.39, 0.29) is 4.90 Å². The first-order valence-electron chi connectivity index (χ1n) is 11.5. The predicted octanol–water partition coefficient (Wildman–Crippen LogP) is 7.06. The van der Waals surface area contributed by atoms with Crippen LogP contribution in [0.3, 0.4) is 0 Å². The summed E-state index contributed by atoms with van der Waals surface area (Å²) in [6, 6.07) is 26.5. The molecule has 5 aromatic carbocycles. The van der Waals surface area contributed by atoms with Gasteiger partial charge in [0.25, 0.3) is 10.0 Å². The third-order valence-electron chi connectivity index (χ3n) is 6.29. The Morgan fingerprint density at radius 3 is 2.22 bits per heavy atom. The number of hydrogen-bond acceptors (Lipinski definition) is 6. The molecule has 0 saturated carbocycles. The third-order valence-corrected chi connectivity index (χ3v) is 8.71. The van der Waals surface area contributed by atoms with Crippen LogP contribution >= 0.6 is 7.60 Å². The van der Waals surface area contributed by atoms with Gasteiger partial charge in [0.1, 0.15) is 17.2 Å². The molecule has 1 N–H and O–H groups in total. The number of hydrogen-bond donors (Lipinski definition) is 1. The Bertz CT molecular complexity index is 1850. The van der Waals surface area contributed by atoms with Gasteiger partial charge in [0.05, 0.1) is 24.4 Å². The third kappa shape index (κ3) is 4.08. The van der Waals surface area contributed by atoms with E-state index in [0.717, 1.165) is 10.8 Å². The first-order chi connectivity index (χ1) is 17.8. The van der Waals surface area contributed by atoms with Crippen molar-refractivity contribution >= 4 is 44.9 Å². The molecule has 1 unspecified atom stereocenters. The Morgan fingerprint density at radius 2 is 1.49 bits per heavy atom. The number of fused-ring (bicyclic) bond motifs is 7. The smallest absolute Gasteiger partial charge is 0.427 e. The van der Waals surface area contributed by atoms with Crippen molar-refractivity contribution in [3.8, 4) is 28.4 Å². The van der Waals surface area contributed by atoms with Crippen molar-refractivity contribution in [2.75, 3.05) is 18.5 Å². The lowest BCUT2D eigenvalue weighted by atomic mass is 9.93. The number of nitrogens with one attached hydrogen (secondary N) is 1. The molecule has 1 aliphatic rings. The van der Waals surface area contributed by atoms with Gasteiger partial charge in [-0.05, 0) is 47.2 Å². The van der Waals surface area contributed by atoms with Gasteiger partial charge in [0.2, 0.25) is 0 Å². The second-order valence-corrected chi connectivity index (χ2v) is 12.3. The van der Waals surface area contributed by atoms with E-state index < -0.39 is 17.6 Å². The van der Waals surface area contributed by atoms with E-state index >= 15 is 0 Å². The van der Waals surface area contributed by atoms with Gasteiger partial charge < -0.3 is 13.8 Å². The lowest BCUT2D eigenvalue weighted by Crippen LogP contribution is -2.13. The predicted molar refractivity (Wildman–Crippen MR) is 145 cm³/mol. The van der Waals surface area contributed by atoms with E-state index in [2.05, 4.69) is 4.72 Å². The second-order valence-electron chi connectivity index (χ2n) is 8.74. The fourth-order valence-electron chi connectivity index (χ4n) is 4.64. The monoisotopic (exact) mass is 531 g/mol. The van der Waals surface area contributed by atoms with Crippen LogP contribution in [0.2, 0.25) is 0 Å². The maximum Gasteiger partial charge on any atom is 0.427 e. The van der Waals surface area contributed by atoms with Gasteiger partial charge in [-0.2, -0.15) is 0 Å². The zero-order chi connectivity index (χ0) is 25.8. The normalized spacial score (nSPS) is 16.7. The Balaban J connectivity index is 1.63. The van der Waals surface area contributed by atoms with Crippen LogP contribution in [0.15, 0.2) is 95.9 Å². The van der Waals surface area contributed by atoms with E-state index in [4.69, 9.17) is 13.8 Å². The van der Waals surface area contributed by atoms with Crippen molar-refractivity contribution in [2.24, 2.45) is 0 Å². The highest BCUT2D eigenvalue weighted by Crippen LogP contribution is 2.58. The molecule has 1 atom stereocenters. The summed E-state index contributed by atoms with van der Waals surface area (Å²) in [7, 11) is -5.96. The number of anilines is 1. The fraction of sp³-hybridized carbons (Fsp3) is 0.0714. The molecule has 186 valence electrons. The Kier molecular flexibility index (Phi) is 5.40. The molecule has 0 aromatic heterocycles. The number of ether oxygens (including phenoxy) is 1. The molecule has 0 amide bonds. The molecule has 37 heavy (non-hydrogen) atoms. The van der Waals surface area contributed by atoms with Crippen LogP contribution in [0.4, 0.5) is 5.69 Å². The molecule has 0 spiro atoms. The summed E-state index contributed by atoms with van der Waals surface area (Å²) in [6.07, 6.45) is 0. The van der Waals surface area contributed by atoms with Gasteiger partial charge >= 0.3 is 7.60 Å². The SMILES string of the molecule is COc1ccc(S(=O)(=O)Nc2cc3c(c4ccccc24)OP(C)(=O)Oc2ccc4ccccc4c2-3)cc1. The van der Waals surface area contributed by atoms with Gasteiger partial charge in [-0.1, -0.05) is 54.6 Å². The summed E-state index contributed by atoms with van der Waals surface area (Å²) in [4.78, 5) is 0.0933. The molecule has 1 heterocycles. The molecular weight excluding hydrogens is 509 g/mol. The summed E-state index contributed by atoms with van der Waals surface area (Å²) >= 11 is 0. The van der Waals surface area contributed by atoms with Crippen LogP contribution in [0.25, 0.3) is 32.7 Å². The first kappa shape index (κ1) is 23.4. The van der Waals surface area contributed by atoms with Gasteiger partial charge in [-0.25, -0.2) is 13.0 Å². The minimum atomic E-state index is -3.94. The van der Waals surface area contributed by atoms with Gasteiger partial charge in [-0.15, -0.1) is 0 Å². The molecule has 6 rings (SSSR count). The van der Waals surface area contributed by atoms with Crippen LogP contribution in [0, 0.1) is 0 Å². The van der Waals surface area contributed by atoms with Crippen LogP contribution in [-0.4, -0.2) is 22.2 Å². The van der Waals surface area contributed by atoms with E-state index in [1.165, 1.54) is 25.9 Å². The maximum atomic E-state index is 13.4. The molecule has 1 aliphatic heterocycles. The number of methoxy groups -OCH3 is 1. The molecule has 9 heteroatoms. The summed E-state index contributed by atoms with van der Waals surface area (Å²) in [5.74, 6) is 1.34. The Morgan fingerprint density at radius 1 is 0.811 bits per heavy atom. The average Bonchev–Trinajstić information content (AvgIpc) is 3.01. The highest BCUT2D eigenvalue weighted by Gasteiger charge is 2.32. The molecular formula is C28H22NO6PS. The van der Waals surface area contributed by atoms with Crippen molar-refractivity contribution in [2.45, 2.75) is 4.90 Å².